The zero-order valence-electron chi connectivity index (χ0n) is 22.0. The molecule has 5 unspecified atom stereocenters. The number of methoxy groups -OCH3 is 1. The molecule has 0 bridgehead atoms. The van der Waals surface area contributed by atoms with Crippen molar-refractivity contribution in [2.75, 3.05) is 13.7 Å². The molecule has 1 aliphatic heterocycles. The minimum absolute atomic E-state index is 0.153. The number of aromatic amines is 1. The second-order valence-corrected chi connectivity index (χ2v) is 10.7. The van der Waals surface area contributed by atoms with Gasteiger partial charge >= 0.3 is 13.4 Å². The Bertz CT molecular complexity index is 1310. The van der Waals surface area contributed by atoms with Gasteiger partial charge in [-0.05, 0) is 51.5 Å². The van der Waals surface area contributed by atoms with Crippen molar-refractivity contribution in [3.05, 3.63) is 86.8 Å². The number of H-pyrrole nitrogens is 1. The molecular formula is C25H34N3O9P. The molecule has 0 amide bonds. The lowest BCUT2D eigenvalue weighted by Crippen LogP contribution is -2.39. The van der Waals surface area contributed by atoms with Gasteiger partial charge in [0.1, 0.15) is 29.8 Å². The number of nitrogens with zero attached hydrogens (tertiary/aromatic N) is 1. The van der Waals surface area contributed by atoms with Gasteiger partial charge in [0.2, 0.25) is 0 Å². The first-order valence-corrected chi connectivity index (χ1v) is 13.5. The smallest absolute Gasteiger partial charge is 0.459 e. The fourth-order valence-corrected chi connectivity index (χ4v) is 5.34. The quantitative estimate of drug-likeness (QED) is 0.201. The number of aliphatic hydroxyl groups is 1. The lowest BCUT2D eigenvalue weighted by atomic mass is 10.1. The van der Waals surface area contributed by atoms with Crippen molar-refractivity contribution in [3.8, 4) is 0 Å². The summed E-state index contributed by atoms with van der Waals surface area (Å²) in [7, 11) is -2.78. The van der Waals surface area contributed by atoms with E-state index in [2.05, 4.69) is 22.4 Å². The number of nitrogens with one attached hydrogen (secondary N) is 2. The molecule has 1 saturated heterocycles. The van der Waals surface area contributed by atoms with Gasteiger partial charge in [0.05, 0.1) is 18.8 Å². The summed E-state index contributed by atoms with van der Waals surface area (Å²) in [6.45, 7) is 10.6. The molecule has 0 aromatic carbocycles. The van der Waals surface area contributed by atoms with Gasteiger partial charge in [0.15, 0.2) is 6.23 Å². The number of hydrogen-bond acceptors (Lipinski definition) is 9. The van der Waals surface area contributed by atoms with Crippen LogP contribution in [0.15, 0.2) is 75.6 Å². The summed E-state index contributed by atoms with van der Waals surface area (Å²) in [6.07, 6.45) is 3.34. The van der Waals surface area contributed by atoms with Gasteiger partial charge in [-0.25, -0.2) is 14.4 Å². The molecule has 12 nitrogen and oxygen atoms in total. The van der Waals surface area contributed by atoms with E-state index < -0.39 is 56.2 Å². The molecule has 1 fully saturated rings. The molecule has 208 valence electrons. The van der Waals surface area contributed by atoms with Crippen LogP contribution in [-0.4, -0.2) is 58.8 Å². The van der Waals surface area contributed by atoms with E-state index in [1.165, 1.54) is 13.3 Å². The van der Waals surface area contributed by atoms with E-state index in [1.54, 1.807) is 38.2 Å². The number of allylic oxidation sites excluding steroid dienone is 4. The maximum atomic E-state index is 14.0. The molecule has 0 spiro atoms. The molecule has 3 N–H and O–H groups in total. The number of aliphatic hydroxyl groups excluding tert-OH is 1. The molecular weight excluding hydrogens is 517 g/mol. The van der Waals surface area contributed by atoms with E-state index in [0.717, 1.165) is 10.6 Å². The third-order valence-corrected chi connectivity index (χ3v) is 7.32. The van der Waals surface area contributed by atoms with E-state index in [0.29, 0.717) is 11.3 Å². The Hall–Kier alpha value is -2.95. The summed E-state index contributed by atoms with van der Waals surface area (Å²) in [4.78, 5) is 25.9. The van der Waals surface area contributed by atoms with Crippen LogP contribution in [0.4, 0.5) is 0 Å². The van der Waals surface area contributed by atoms with Gasteiger partial charge < -0.3 is 23.8 Å². The molecule has 1 aromatic rings. The summed E-state index contributed by atoms with van der Waals surface area (Å²) >= 11 is 0. The molecule has 0 radical (unpaired) electrons. The molecule has 6 atom stereocenters. The van der Waals surface area contributed by atoms with Gasteiger partial charge in [-0.15, -0.1) is 5.73 Å². The topological polar surface area (TPSA) is 150 Å². The van der Waals surface area contributed by atoms with Crippen molar-refractivity contribution in [2.45, 2.75) is 64.4 Å². The maximum Gasteiger partial charge on any atom is 0.459 e. The van der Waals surface area contributed by atoms with E-state index >= 15 is 0 Å². The van der Waals surface area contributed by atoms with E-state index in [1.807, 2.05) is 13.8 Å². The van der Waals surface area contributed by atoms with E-state index in [-0.39, 0.29) is 11.9 Å². The first-order chi connectivity index (χ1) is 17.9. The van der Waals surface area contributed by atoms with Crippen LogP contribution in [0.3, 0.4) is 0 Å². The molecule has 13 heteroatoms. The Morgan fingerprint density at radius 1 is 1.37 bits per heavy atom. The monoisotopic (exact) mass is 551 g/mol. The van der Waals surface area contributed by atoms with Crippen LogP contribution in [0.25, 0.3) is 0 Å². The van der Waals surface area contributed by atoms with Crippen LogP contribution >= 0.6 is 7.75 Å². The number of hydrogen-bond donors (Lipinski definition) is 3. The molecule has 1 aromatic heterocycles. The SMILES string of the molecule is C=C(OC(C)C)[C@H](C)NP(=O)(OCC1OC(n2ccc(=O)[nH]c2=O)C(OC)C1O)OC1=C(C)C=C=CC=C1. The second kappa shape index (κ2) is 12.7. The van der Waals surface area contributed by atoms with Crippen molar-refractivity contribution in [3.63, 3.8) is 0 Å². The Labute approximate surface area is 220 Å². The Balaban J connectivity index is 1.83. The Morgan fingerprint density at radius 3 is 2.76 bits per heavy atom. The third kappa shape index (κ3) is 7.33. The summed E-state index contributed by atoms with van der Waals surface area (Å²) in [6, 6.07) is 0.508. The Morgan fingerprint density at radius 2 is 2.11 bits per heavy atom. The van der Waals surface area contributed by atoms with E-state index in [9.17, 15) is 19.3 Å². The first-order valence-electron chi connectivity index (χ1n) is 12.0. The average molecular weight is 552 g/mol. The van der Waals surface area contributed by atoms with E-state index in [4.69, 9.17) is 23.3 Å². The van der Waals surface area contributed by atoms with Crippen molar-refractivity contribution < 1.29 is 32.9 Å². The highest BCUT2D eigenvalue weighted by atomic mass is 31.2. The van der Waals surface area contributed by atoms with Gasteiger partial charge in [-0.3, -0.25) is 18.9 Å². The molecule has 0 saturated carbocycles. The largest absolute Gasteiger partial charge is 0.494 e. The molecule has 2 aliphatic rings. The molecule has 38 heavy (non-hydrogen) atoms. The fourth-order valence-electron chi connectivity index (χ4n) is 3.74. The lowest BCUT2D eigenvalue weighted by molar-refractivity contribution is -0.0612. The fraction of sp³-hybridized carbons (Fsp3) is 0.480. The standard InChI is InChI=1S/C25H34N3O9P/c1-15(2)35-18(5)17(4)27-38(32,37-19-11-9-7-8-10-16(19)3)34-14-20-22(30)23(33-6)24(36-20)28-13-12-21(29)26-25(28)31/h7,9-13,15,17,20,22-24,30H,5,14H2,1-4,6H3,(H,27,32)(H,26,29,31)/t17-,20?,22?,23?,24?,38?/m0/s1. The zero-order chi connectivity index (χ0) is 28.0. The first kappa shape index (κ1) is 29.6. The molecule has 3 rings (SSSR count). The average Bonchev–Trinajstić information content (AvgIpc) is 3.02. The van der Waals surface area contributed by atoms with Crippen LogP contribution < -0.4 is 16.3 Å². The number of rotatable bonds is 12. The van der Waals surface area contributed by atoms with Gasteiger partial charge in [-0.2, -0.15) is 0 Å². The van der Waals surface area contributed by atoms with Crippen molar-refractivity contribution in [1.29, 1.82) is 0 Å². The minimum Gasteiger partial charge on any atom is -0.494 e. The zero-order valence-corrected chi connectivity index (χ0v) is 22.8. The van der Waals surface area contributed by atoms with Crippen molar-refractivity contribution in [2.24, 2.45) is 0 Å². The summed E-state index contributed by atoms with van der Waals surface area (Å²) < 4.78 is 43.5. The third-order valence-electron chi connectivity index (χ3n) is 5.69. The summed E-state index contributed by atoms with van der Waals surface area (Å²) in [5.74, 6) is 0.607. The van der Waals surface area contributed by atoms with Crippen molar-refractivity contribution >= 4 is 7.75 Å². The lowest BCUT2D eigenvalue weighted by Gasteiger charge is -2.27. The van der Waals surface area contributed by atoms with Crippen LogP contribution in [-0.2, 0) is 27.8 Å². The molecule has 1 aliphatic carbocycles. The van der Waals surface area contributed by atoms with Gasteiger partial charge in [0, 0.05) is 19.4 Å². The second-order valence-electron chi connectivity index (χ2n) is 9.03. The maximum absolute atomic E-state index is 14.0. The number of aromatic nitrogens is 2. The highest BCUT2D eigenvalue weighted by Crippen LogP contribution is 2.49. The number of ether oxygens (including phenoxy) is 3. The highest BCUT2D eigenvalue weighted by Gasteiger charge is 2.47. The van der Waals surface area contributed by atoms with Crippen LogP contribution in [0.1, 0.15) is 33.9 Å². The van der Waals surface area contributed by atoms with Gasteiger partial charge in [0.25, 0.3) is 5.56 Å². The summed E-state index contributed by atoms with van der Waals surface area (Å²) in [5.41, 5.74) is 2.27. The summed E-state index contributed by atoms with van der Waals surface area (Å²) in [5, 5.41) is 13.7. The predicted octanol–water partition coefficient (Wildman–Crippen LogP) is 2.42. The van der Waals surface area contributed by atoms with Crippen LogP contribution in [0, 0.1) is 0 Å². The van der Waals surface area contributed by atoms with Crippen LogP contribution in [0.5, 0.6) is 0 Å². The predicted molar refractivity (Wildman–Crippen MR) is 139 cm³/mol. The van der Waals surface area contributed by atoms with Crippen molar-refractivity contribution in [1.82, 2.24) is 14.6 Å². The highest BCUT2D eigenvalue weighted by molar-refractivity contribution is 7.51. The molecule has 2 heterocycles. The normalized spacial score (nSPS) is 25.3. The minimum atomic E-state index is -4.12. The van der Waals surface area contributed by atoms with Gasteiger partial charge in [-0.1, -0.05) is 12.7 Å². The van der Waals surface area contributed by atoms with Crippen LogP contribution in [0.2, 0.25) is 0 Å². The Kier molecular flexibility index (Phi) is 9.92.